The topological polar surface area (TPSA) is 145 Å². The van der Waals surface area contributed by atoms with E-state index in [2.05, 4.69) is 42.5 Å². The summed E-state index contributed by atoms with van der Waals surface area (Å²) in [5.74, 6) is 0.0765. The van der Waals surface area contributed by atoms with E-state index < -0.39 is 6.09 Å². The molecule has 5 rings (SSSR count). The van der Waals surface area contributed by atoms with Crippen LogP contribution in [0.4, 0.5) is 27.8 Å². The quantitative estimate of drug-likeness (QED) is 0.289. The summed E-state index contributed by atoms with van der Waals surface area (Å²) in [4.78, 5) is 41.9. The van der Waals surface area contributed by atoms with E-state index in [1.165, 1.54) is 11.0 Å². The van der Waals surface area contributed by atoms with E-state index in [9.17, 15) is 9.59 Å². The van der Waals surface area contributed by atoms with Crippen molar-refractivity contribution in [3.05, 3.63) is 73.7 Å². The molecule has 1 aliphatic rings. The van der Waals surface area contributed by atoms with Crippen molar-refractivity contribution in [2.45, 2.75) is 6.04 Å². The van der Waals surface area contributed by atoms with Gasteiger partial charge in [-0.25, -0.2) is 14.8 Å². The van der Waals surface area contributed by atoms with Crippen LogP contribution in [-0.4, -0.2) is 61.1 Å². The molecular weight excluding hydrogens is 460 g/mol. The van der Waals surface area contributed by atoms with Crippen molar-refractivity contribution in [1.29, 1.82) is 0 Å². The first-order chi connectivity index (χ1) is 17.5. The molecule has 0 spiro atoms. The Hall–Kier alpha value is -5.06. The minimum absolute atomic E-state index is 0.104. The van der Waals surface area contributed by atoms with Gasteiger partial charge >= 0.3 is 6.09 Å². The number of pyridine rings is 2. The van der Waals surface area contributed by atoms with Crippen molar-refractivity contribution in [3.63, 3.8) is 0 Å². The van der Waals surface area contributed by atoms with Gasteiger partial charge in [-0.3, -0.25) is 14.8 Å². The molecule has 4 N–H and O–H groups in total. The molecule has 11 heteroatoms. The number of carboxylic acid groups (broad SMARTS) is 1. The molecule has 1 saturated heterocycles. The summed E-state index contributed by atoms with van der Waals surface area (Å²) in [5.41, 5.74) is 3.99. The van der Waals surface area contributed by atoms with Crippen LogP contribution in [0.25, 0.3) is 22.3 Å². The molecule has 2 amide bonds. The Bertz CT molecular complexity index is 1450. The maximum absolute atomic E-state index is 11.7. The van der Waals surface area contributed by atoms with E-state index in [0.29, 0.717) is 41.6 Å². The molecule has 0 radical (unpaired) electrons. The zero-order chi connectivity index (χ0) is 25.1. The van der Waals surface area contributed by atoms with E-state index in [-0.39, 0.29) is 11.9 Å². The number of carbonyl (C=O) groups excluding carboxylic acids is 1. The van der Waals surface area contributed by atoms with Crippen LogP contribution in [0, 0.1) is 0 Å². The number of benzene rings is 1. The maximum Gasteiger partial charge on any atom is 0.407 e. The number of aromatic nitrogens is 4. The second kappa shape index (κ2) is 9.66. The zero-order valence-corrected chi connectivity index (χ0v) is 19.0. The fourth-order valence-corrected chi connectivity index (χ4v) is 3.78. The minimum atomic E-state index is -0.899. The Morgan fingerprint density at radius 1 is 1.00 bits per heavy atom. The van der Waals surface area contributed by atoms with Crippen molar-refractivity contribution in [3.8, 4) is 11.4 Å². The molecule has 11 nitrogen and oxygen atoms in total. The molecule has 3 aromatic heterocycles. The molecule has 4 heterocycles. The van der Waals surface area contributed by atoms with Gasteiger partial charge in [-0.2, -0.15) is 0 Å². The van der Waals surface area contributed by atoms with Gasteiger partial charge in [-0.05, 0) is 48.5 Å². The molecule has 0 atom stereocenters. The van der Waals surface area contributed by atoms with E-state index in [0.717, 1.165) is 16.8 Å². The molecular formula is C25H22N8O3. The molecule has 1 fully saturated rings. The SMILES string of the molecule is C=CC(=O)Nc1ccnc(-c2nccc3cnc(Nc4ccc(NC5CN(C(=O)O)C5)cc4)nc23)c1. The third kappa shape index (κ3) is 4.89. The van der Waals surface area contributed by atoms with Gasteiger partial charge in [0.25, 0.3) is 0 Å². The van der Waals surface area contributed by atoms with Gasteiger partial charge in [0.05, 0.1) is 11.7 Å². The lowest BCUT2D eigenvalue weighted by Gasteiger charge is -2.37. The zero-order valence-electron chi connectivity index (χ0n) is 19.0. The lowest BCUT2D eigenvalue weighted by Crippen LogP contribution is -2.56. The van der Waals surface area contributed by atoms with E-state index in [1.807, 2.05) is 30.3 Å². The van der Waals surface area contributed by atoms with Gasteiger partial charge in [0.1, 0.15) is 11.2 Å². The number of carbonyl (C=O) groups is 2. The summed E-state index contributed by atoms with van der Waals surface area (Å²) >= 11 is 0. The summed E-state index contributed by atoms with van der Waals surface area (Å²) in [6, 6.07) is 12.9. The van der Waals surface area contributed by atoms with Crippen LogP contribution < -0.4 is 16.0 Å². The van der Waals surface area contributed by atoms with Crippen LogP contribution in [0.5, 0.6) is 0 Å². The summed E-state index contributed by atoms with van der Waals surface area (Å²) in [5, 5.41) is 19.0. The lowest BCUT2D eigenvalue weighted by atomic mass is 10.1. The highest BCUT2D eigenvalue weighted by atomic mass is 16.4. The third-order valence-corrected chi connectivity index (χ3v) is 5.62. The third-order valence-electron chi connectivity index (χ3n) is 5.62. The fraction of sp³-hybridized carbons (Fsp3) is 0.120. The van der Waals surface area contributed by atoms with Crippen molar-refractivity contribution in [2.75, 3.05) is 29.0 Å². The number of likely N-dealkylation sites (tertiary alicyclic amines) is 1. The smallest absolute Gasteiger partial charge is 0.407 e. The van der Waals surface area contributed by atoms with Gasteiger partial charge in [-0.15, -0.1) is 0 Å². The van der Waals surface area contributed by atoms with E-state index >= 15 is 0 Å². The van der Waals surface area contributed by atoms with Crippen LogP contribution in [0.1, 0.15) is 0 Å². The summed E-state index contributed by atoms with van der Waals surface area (Å²) in [6.45, 7) is 4.40. The van der Waals surface area contributed by atoms with Gasteiger partial charge in [0.15, 0.2) is 0 Å². The first-order valence-electron chi connectivity index (χ1n) is 11.1. The Kier molecular flexibility index (Phi) is 6.10. The van der Waals surface area contributed by atoms with Crippen molar-refractivity contribution in [2.24, 2.45) is 0 Å². The Morgan fingerprint density at radius 3 is 2.50 bits per heavy atom. The average Bonchev–Trinajstić information content (AvgIpc) is 2.86. The van der Waals surface area contributed by atoms with Crippen LogP contribution in [0.2, 0.25) is 0 Å². The maximum atomic E-state index is 11.7. The lowest BCUT2D eigenvalue weighted by molar-refractivity contribution is -0.111. The number of hydrogen-bond donors (Lipinski definition) is 4. The normalized spacial score (nSPS) is 13.1. The highest BCUT2D eigenvalue weighted by molar-refractivity contribution is 5.99. The Morgan fingerprint density at radius 2 is 1.75 bits per heavy atom. The second-order valence-corrected chi connectivity index (χ2v) is 8.15. The fourth-order valence-electron chi connectivity index (χ4n) is 3.78. The highest BCUT2D eigenvalue weighted by Gasteiger charge is 2.30. The van der Waals surface area contributed by atoms with E-state index in [4.69, 9.17) is 5.11 Å². The van der Waals surface area contributed by atoms with Crippen LogP contribution >= 0.6 is 0 Å². The molecule has 0 aliphatic carbocycles. The average molecular weight is 483 g/mol. The molecule has 4 aromatic rings. The van der Waals surface area contributed by atoms with Gasteiger partial charge in [0, 0.05) is 54.1 Å². The molecule has 0 bridgehead atoms. The first-order valence-corrected chi connectivity index (χ1v) is 11.1. The predicted molar refractivity (Wildman–Crippen MR) is 136 cm³/mol. The number of hydrogen-bond acceptors (Lipinski definition) is 8. The molecule has 1 aliphatic heterocycles. The van der Waals surface area contributed by atoms with Crippen LogP contribution in [-0.2, 0) is 4.79 Å². The minimum Gasteiger partial charge on any atom is -0.465 e. The Labute approximate surface area is 205 Å². The Balaban J connectivity index is 1.33. The number of anilines is 4. The second-order valence-electron chi connectivity index (χ2n) is 8.15. The standard InChI is InChI=1S/C25H22N8O3/c1-2-21(34)30-18-8-10-26-20(11-18)23-22-15(7-9-27-23)12-28-24(32-22)31-17-5-3-16(4-6-17)29-19-13-33(14-19)25(35)36/h2-12,19,29H,1,13-14H2,(H,35,36)(H,26,30,34)(H,28,31,32). The van der Waals surface area contributed by atoms with Crippen LogP contribution in [0.15, 0.2) is 73.7 Å². The van der Waals surface area contributed by atoms with Crippen molar-refractivity contribution >= 4 is 45.9 Å². The molecule has 0 saturated carbocycles. The molecule has 180 valence electrons. The molecule has 36 heavy (non-hydrogen) atoms. The number of fused-ring (bicyclic) bond motifs is 1. The summed E-state index contributed by atoms with van der Waals surface area (Å²) in [7, 11) is 0. The number of nitrogens with zero attached hydrogens (tertiary/aromatic N) is 5. The highest BCUT2D eigenvalue weighted by Crippen LogP contribution is 2.27. The number of nitrogens with one attached hydrogen (secondary N) is 3. The van der Waals surface area contributed by atoms with E-state index in [1.54, 1.807) is 30.7 Å². The molecule has 0 unspecified atom stereocenters. The number of rotatable bonds is 7. The van der Waals surface area contributed by atoms with Gasteiger partial charge in [-0.1, -0.05) is 6.58 Å². The summed E-state index contributed by atoms with van der Waals surface area (Å²) in [6.07, 6.45) is 5.26. The van der Waals surface area contributed by atoms with Gasteiger partial charge in [0.2, 0.25) is 11.9 Å². The monoisotopic (exact) mass is 482 g/mol. The first kappa shape index (κ1) is 22.7. The number of amides is 2. The van der Waals surface area contributed by atoms with Crippen LogP contribution in [0.3, 0.4) is 0 Å². The van der Waals surface area contributed by atoms with Gasteiger partial charge < -0.3 is 26.0 Å². The van der Waals surface area contributed by atoms with Crippen molar-refractivity contribution in [1.82, 2.24) is 24.8 Å². The predicted octanol–water partition coefficient (Wildman–Crippen LogP) is 3.73. The van der Waals surface area contributed by atoms with Crippen molar-refractivity contribution < 1.29 is 14.7 Å². The summed E-state index contributed by atoms with van der Waals surface area (Å²) < 4.78 is 0. The largest absolute Gasteiger partial charge is 0.465 e. The molecule has 1 aromatic carbocycles.